The largest absolute Gasteiger partial charge is 0.393 e. The third-order valence-corrected chi connectivity index (χ3v) is 11.1. The normalized spacial score (nSPS) is 52.8. The molecular weight excluding hydrogens is 384 g/mol. The van der Waals surface area contributed by atoms with Crippen LogP contribution < -0.4 is 0 Å². The summed E-state index contributed by atoms with van der Waals surface area (Å²) < 4.78 is 0. The van der Waals surface area contributed by atoms with E-state index < -0.39 is 5.60 Å². The zero-order chi connectivity index (χ0) is 22.2. The van der Waals surface area contributed by atoms with Gasteiger partial charge in [0, 0.05) is 23.7 Å². The fraction of sp³-hybridized carbons (Fsp3) is 0.857. The second-order valence-corrected chi connectivity index (χ2v) is 12.7. The van der Waals surface area contributed by atoms with Crippen molar-refractivity contribution >= 4 is 0 Å². The van der Waals surface area contributed by atoms with Crippen LogP contribution in [0.4, 0.5) is 0 Å². The molecule has 10 atom stereocenters. The molecular formula is C28H44O3. The van der Waals surface area contributed by atoms with E-state index in [1.165, 1.54) is 25.7 Å². The highest BCUT2D eigenvalue weighted by atomic mass is 17.2. The fourth-order valence-electron chi connectivity index (χ4n) is 8.71. The summed E-state index contributed by atoms with van der Waals surface area (Å²) in [6, 6.07) is 0. The zero-order valence-electron chi connectivity index (χ0n) is 20.6. The van der Waals surface area contributed by atoms with Crippen LogP contribution in [0.15, 0.2) is 24.3 Å². The topological polar surface area (TPSA) is 38.7 Å². The second kappa shape index (κ2) is 7.18. The van der Waals surface area contributed by atoms with Gasteiger partial charge in [-0.25, -0.2) is 9.78 Å². The number of rotatable bonds is 4. The Bertz CT molecular complexity index is 772. The van der Waals surface area contributed by atoms with Crippen molar-refractivity contribution in [2.24, 2.45) is 46.3 Å². The first kappa shape index (κ1) is 22.2. The van der Waals surface area contributed by atoms with E-state index in [0.29, 0.717) is 41.9 Å². The van der Waals surface area contributed by atoms with Crippen LogP contribution in [0.1, 0.15) is 86.5 Å². The minimum atomic E-state index is -0.439. The number of allylic oxidation sites excluding steroid dienone is 2. The Hall–Kier alpha value is -0.640. The smallest absolute Gasteiger partial charge is 0.130 e. The van der Waals surface area contributed by atoms with Gasteiger partial charge in [0.15, 0.2) is 0 Å². The lowest BCUT2D eigenvalue weighted by molar-refractivity contribution is -0.497. The van der Waals surface area contributed by atoms with Gasteiger partial charge in [0.2, 0.25) is 0 Å². The average molecular weight is 429 g/mol. The maximum atomic E-state index is 10.4. The molecule has 6 aliphatic rings. The van der Waals surface area contributed by atoms with Crippen LogP contribution in [0, 0.1) is 46.3 Å². The van der Waals surface area contributed by atoms with E-state index in [0.717, 1.165) is 12.8 Å². The molecule has 4 aliphatic carbocycles. The van der Waals surface area contributed by atoms with E-state index in [1.807, 2.05) is 0 Å². The Morgan fingerprint density at radius 1 is 0.903 bits per heavy atom. The first-order valence-electron chi connectivity index (χ1n) is 13.0. The fourth-order valence-corrected chi connectivity index (χ4v) is 8.71. The summed E-state index contributed by atoms with van der Waals surface area (Å²) in [5.41, 5.74) is -0.366. The standard InChI is InChI=1S/C28H44O3/c1-18(2)19(3)7-8-20(4)22-9-10-23-25(22,5)13-12-24-26(6)14-11-21(29)17-27(26)15-16-28(23,24)31-30-27/h7-8,15-16,18-24,29H,9-14,17H2,1-6H3/b8-7+/t19-,20+,21?,22+,23+,24+,25+,26+,27?,28+/m0/s1. The van der Waals surface area contributed by atoms with Crippen molar-refractivity contribution in [2.45, 2.75) is 104 Å². The minimum Gasteiger partial charge on any atom is -0.393 e. The molecule has 3 saturated carbocycles. The predicted molar refractivity (Wildman–Crippen MR) is 124 cm³/mol. The molecule has 0 aromatic carbocycles. The highest BCUT2D eigenvalue weighted by molar-refractivity contribution is 5.33. The molecule has 0 radical (unpaired) electrons. The second-order valence-electron chi connectivity index (χ2n) is 12.7. The van der Waals surface area contributed by atoms with Gasteiger partial charge in [-0.15, -0.1) is 0 Å². The van der Waals surface area contributed by atoms with Crippen molar-refractivity contribution in [3.63, 3.8) is 0 Å². The summed E-state index contributed by atoms with van der Waals surface area (Å²) in [6.45, 7) is 14.4. The summed E-state index contributed by atoms with van der Waals surface area (Å²) >= 11 is 0. The Morgan fingerprint density at radius 2 is 1.68 bits per heavy atom. The average Bonchev–Trinajstić information content (AvgIpc) is 3.09. The van der Waals surface area contributed by atoms with Gasteiger partial charge in [-0.1, -0.05) is 59.8 Å². The molecule has 31 heavy (non-hydrogen) atoms. The van der Waals surface area contributed by atoms with Crippen molar-refractivity contribution in [1.29, 1.82) is 0 Å². The number of aliphatic hydroxyl groups is 1. The van der Waals surface area contributed by atoms with Crippen LogP contribution in [-0.2, 0) is 9.78 Å². The molecule has 1 saturated heterocycles. The van der Waals surface area contributed by atoms with E-state index in [2.05, 4.69) is 65.8 Å². The van der Waals surface area contributed by atoms with E-state index in [9.17, 15) is 5.11 Å². The van der Waals surface area contributed by atoms with Gasteiger partial charge in [-0.3, -0.25) is 0 Å². The quantitative estimate of drug-likeness (QED) is 0.412. The lowest BCUT2D eigenvalue weighted by Crippen LogP contribution is -2.73. The molecule has 0 aromatic heterocycles. The molecule has 3 nitrogen and oxygen atoms in total. The summed E-state index contributed by atoms with van der Waals surface area (Å²) in [6.07, 6.45) is 17.0. The van der Waals surface area contributed by atoms with Crippen molar-refractivity contribution in [3.8, 4) is 0 Å². The van der Waals surface area contributed by atoms with Gasteiger partial charge in [0.25, 0.3) is 0 Å². The Labute approximate surface area is 189 Å². The molecule has 2 heterocycles. The van der Waals surface area contributed by atoms with E-state index >= 15 is 0 Å². The van der Waals surface area contributed by atoms with Crippen molar-refractivity contribution in [1.82, 2.24) is 0 Å². The zero-order valence-corrected chi connectivity index (χ0v) is 20.6. The summed E-state index contributed by atoms with van der Waals surface area (Å²) in [4.78, 5) is 12.8. The molecule has 2 bridgehead atoms. The van der Waals surface area contributed by atoms with Crippen molar-refractivity contribution < 1.29 is 14.9 Å². The van der Waals surface area contributed by atoms with Crippen LogP contribution in [0.2, 0.25) is 0 Å². The van der Waals surface area contributed by atoms with Gasteiger partial charge in [-0.2, -0.15) is 0 Å². The van der Waals surface area contributed by atoms with E-state index in [-0.39, 0.29) is 22.5 Å². The Kier molecular flexibility index (Phi) is 5.13. The third-order valence-electron chi connectivity index (χ3n) is 11.1. The maximum Gasteiger partial charge on any atom is 0.130 e. The molecule has 2 aliphatic heterocycles. The van der Waals surface area contributed by atoms with E-state index in [4.69, 9.17) is 9.78 Å². The first-order valence-corrected chi connectivity index (χ1v) is 13.0. The molecule has 0 aromatic rings. The summed E-state index contributed by atoms with van der Waals surface area (Å²) in [5.74, 6) is 3.64. The Balaban J connectivity index is 1.45. The van der Waals surface area contributed by atoms with E-state index in [1.54, 1.807) is 0 Å². The summed E-state index contributed by atoms with van der Waals surface area (Å²) in [7, 11) is 0. The number of hydrogen-bond donors (Lipinski definition) is 1. The maximum absolute atomic E-state index is 10.4. The predicted octanol–water partition coefficient (Wildman–Crippen LogP) is 6.47. The summed E-state index contributed by atoms with van der Waals surface area (Å²) in [5, 5.41) is 10.4. The lowest BCUT2D eigenvalue weighted by atomic mass is 9.43. The van der Waals surface area contributed by atoms with Gasteiger partial charge >= 0.3 is 0 Å². The highest BCUT2D eigenvalue weighted by Crippen LogP contribution is 2.72. The van der Waals surface area contributed by atoms with Gasteiger partial charge in [0.1, 0.15) is 11.2 Å². The molecule has 2 spiro atoms. The van der Waals surface area contributed by atoms with Crippen LogP contribution in [0.25, 0.3) is 0 Å². The van der Waals surface area contributed by atoms with Gasteiger partial charge in [0.05, 0.1) is 6.10 Å². The third kappa shape index (κ3) is 2.88. The molecule has 4 fully saturated rings. The van der Waals surface area contributed by atoms with Crippen molar-refractivity contribution in [2.75, 3.05) is 0 Å². The molecule has 0 amide bonds. The highest BCUT2D eigenvalue weighted by Gasteiger charge is 2.74. The van der Waals surface area contributed by atoms with Crippen molar-refractivity contribution in [3.05, 3.63) is 24.3 Å². The molecule has 1 N–H and O–H groups in total. The van der Waals surface area contributed by atoms with Crippen LogP contribution in [-0.4, -0.2) is 22.4 Å². The van der Waals surface area contributed by atoms with Crippen LogP contribution in [0.3, 0.4) is 0 Å². The molecule has 3 heteroatoms. The monoisotopic (exact) mass is 428 g/mol. The van der Waals surface area contributed by atoms with Crippen LogP contribution in [0.5, 0.6) is 0 Å². The molecule has 2 unspecified atom stereocenters. The first-order chi connectivity index (χ1) is 14.6. The molecule has 174 valence electrons. The number of fused-ring (bicyclic) bond motifs is 2. The van der Waals surface area contributed by atoms with Gasteiger partial charge < -0.3 is 5.11 Å². The molecule has 6 rings (SSSR count). The number of aliphatic hydroxyl groups excluding tert-OH is 1. The lowest BCUT2D eigenvalue weighted by Gasteiger charge is -2.69. The Morgan fingerprint density at radius 3 is 2.35 bits per heavy atom. The van der Waals surface area contributed by atoms with Crippen LogP contribution >= 0.6 is 0 Å². The minimum absolute atomic E-state index is 0.0663. The van der Waals surface area contributed by atoms with Gasteiger partial charge in [-0.05, 0) is 73.7 Å². The SMILES string of the molecule is CC(C)[C@@H](C)/C=C/[C@@H](C)[C@H]1CC[C@@H]2[C@]1(C)CC[C@H]1[C@@]23C=CC2(CC(O)CC[C@]12C)OO3. The number of hydrogen-bond acceptors (Lipinski definition) is 3.